The minimum atomic E-state index is -4.42. The number of hydrogen-bond acceptors (Lipinski definition) is 3. The number of nitrogen functional groups attached to an aromatic ring is 1. The van der Waals surface area contributed by atoms with E-state index in [1.807, 2.05) is 25.1 Å². The van der Waals surface area contributed by atoms with Crippen molar-refractivity contribution in [2.24, 2.45) is 0 Å². The van der Waals surface area contributed by atoms with E-state index in [2.05, 4.69) is 0 Å². The van der Waals surface area contributed by atoms with E-state index in [0.717, 1.165) is 5.56 Å². The number of anilines is 1. The second-order valence-corrected chi connectivity index (χ2v) is 7.23. The van der Waals surface area contributed by atoms with Crippen LogP contribution in [0.4, 0.5) is 5.69 Å². The third kappa shape index (κ3) is 2.05. The van der Waals surface area contributed by atoms with Gasteiger partial charge in [0.25, 0.3) is 10.1 Å². The van der Waals surface area contributed by atoms with Gasteiger partial charge < -0.3 is 5.73 Å². The van der Waals surface area contributed by atoms with Crippen LogP contribution in [0, 0.1) is 6.92 Å². The van der Waals surface area contributed by atoms with E-state index in [9.17, 15) is 13.0 Å². The molecule has 0 bridgehead atoms. The maximum atomic E-state index is 12.4. The van der Waals surface area contributed by atoms with Crippen LogP contribution in [0.3, 0.4) is 0 Å². The Hall–Kier alpha value is -2.11. The molecule has 0 spiro atoms. The van der Waals surface area contributed by atoms with E-state index in [-0.39, 0.29) is 6.42 Å². The smallest absolute Gasteiger partial charge is 0.279 e. The molecule has 0 aliphatic heterocycles. The number of hydrogen-bond donors (Lipinski definition) is 2. The molecule has 1 aliphatic carbocycles. The second kappa shape index (κ2) is 4.97. The number of nitrogens with two attached hydrogens (primary N) is 1. The molecular weight excluding hydrogens is 298 g/mol. The van der Waals surface area contributed by atoms with Crippen molar-refractivity contribution in [1.82, 2.24) is 0 Å². The van der Waals surface area contributed by atoms with Gasteiger partial charge in [-0.05, 0) is 30.5 Å². The average Bonchev–Trinajstić information content (AvgIpc) is 2.46. The molecule has 3 rings (SSSR count). The van der Waals surface area contributed by atoms with Crippen LogP contribution < -0.4 is 5.73 Å². The van der Waals surface area contributed by atoms with E-state index >= 15 is 0 Å². The maximum Gasteiger partial charge on any atom is 0.279 e. The standard InChI is InChI=1S/C17H17NO3S/c1-12-7-9-14(10-8-12)17(22(19,20)21)11-3-5-13-4-2-6-15(18)16(13)17/h2-10H,11,18H2,1H3,(H,19,20,21). The topological polar surface area (TPSA) is 80.4 Å². The molecule has 0 heterocycles. The fourth-order valence-electron chi connectivity index (χ4n) is 3.12. The highest BCUT2D eigenvalue weighted by Crippen LogP contribution is 2.47. The average molecular weight is 315 g/mol. The SMILES string of the molecule is Cc1ccc(C2(S(=O)(=O)O)CC=Cc3cccc(N)c32)cc1. The molecule has 2 aromatic rings. The highest BCUT2D eigenvalue weighted by atomic mass is 32.2. The van der Waals surface area contributed by atoms with Crippen molar-refractivity contribution in [2.45, 2.75) is 18.1 Å². The van der Waals surface area contributed by atoms with Crippen LogP contribution in [0.2, 0.25) is 0 Å². The van der Waals surface area contributed by atoms with Crippen molar-refractivity contribution < 1.29 is 13.0 Å². The van der Waals surface area contributed by atoms with Gasteiger partial charge in [0.05, 0.1) is 0 Å². The molecule has 1 aliphatic rings. The van der Waals surface area contributed by atoms with Gasteiger partial charge in [0.1, 0.15) is 0 Å². The summed E-state index contributed by atoms with van der Waals surface area (Å²) in [7, 11) is -4.42. The lowest BCUT2D eigenvalue weighted by Crippen LogP contribution is -2.39. The maximum absolute atomic E-state index is 12.4. The molecule has 2 aromatic carbocycles. The first-order valence-corrected chi connectivity index (χ1v) is 8.40. The molecule has 22 heavy (non-hydrogen) atoms. The summed E-state index contributed by atoms with van der Waals surface area (Å²) in [5.41, 5.74) is 9.13. The normalized spacial score (nSPS) is 20.6. The molecule has 4 nitrogen and oxygen atoms in total. The molecule has 5 heteroatoms. The summed E-state index contributed by atoms with van der Waals surface area (Å²) in [6.07, 6.45) is 3.74. The second-order valence-electron chi connectivity index (χ2n) is 5.59. The van der Waals surface area contributed by atoms with Gasteiger partial charge in [-0.2, -0.15) is 8.42 Å². The highest BCUT2D eigenvalue weighted by Gasteiger charge is 2.49. The first-order valence-electron chi connectivity index (χ1n) is 6.96. The third-order valence-electron chi connectivity index (χ3n) is 4.19. The van der Waals surface area contributed by atoms with Gasteiger partial charge in [-0.1, -0.05) is 54.1 Å². The Bertz CT molecular complexity index is 854. The molecule has 1 atom stereocenters. The number of fused-ring (bicyclic) bond motifs is 1. The van der Waals surface area contributed by atoms with Crippen molar-refractivity contribution >= 4 is 21.9 Å². The summed E-state index contributed by atoms with van der Waals surface area (Å²) in [6.45, 7) is 1.92. The summed E-state index contributed by atoms with van der Waals surface area (Å²) in [6, 6.07) is 12.4. The van der Waals surface area contributed by atoms with Gasteiger partial charge in [-0.25, -0.2) is 0 Å². The first-order chi connectivity index (χ1) is 10.4. The Labute approximate surface area is 130 Å². The lowest BCUT2D eigenvalue weighted by atomic mass is 9.80. The van der Waals surface area contributed by atoms with Crippen LogP contribution >= 0.6 is 0 Å². The van der Waals surface area contributed by atoms with Crippen LogP contribution in [0.15, 0.2) is 48.5 Å². The van der Waals surface area contributed by atoms with Crippen molar-refractivity contribution in [3.05, 3.63) is 70.8 Å². The molecule has 3 N–H and O–H groups in total. The summed E-state index contributed by atoms with van der Waals surface area (Å²) in [5.74, 6) is 0. The van der Waals surface area contributed by atoms with E-state index in [4.69, 9.17) is 5.73 Å². The Morgan fingerprint density at radius 3 is 2.45 bits per heavy atom. The summed E-state index contributed by atoms with van der Waals surface area (Å²) < 4.78 is 33.3. The zero-order chi connectivity index (χ0) is 16.0. The highest BCUT2D eigenvalue weighted by molar-refractivity contribution is 7.87. The van der Waals surface area contributed by atoms with Gasteiger partial charge in [-0.3, -0.25) is 4.55 Å². The van der Waals surface area contributed by atoms with E-state index < -0.39 is 14.9 Å². The van der Waals surface area contributed by atoms with Crippen LogP contribution in [-0.4, -0.2) is 13.0 Å². The molecule has 0 saturated carbocycles. The molecule has 0 aromatic heterocycles. The predicted octanol–water partition coefficient (Wildman–Crippen LogP) is 3.13. The summed E-state index contributed by atoms with van der Waals surface area (Å²) in [4.78, 5) is 0. The summed E-state index contributed by atoms with van der Waals surface area (Å²) >= 11 is 0. The van der Waals surface area contributed by atoms with Crippen LogP contribution in [-0.2, 0) is 14.9 Å². The van der Waals surface area contributed by atoms with Crippen LogP contribution in [0.25, 0.3) is 6.08 Å². The Balaban J connectivity index is 2.41. The minimum Gasteiger partial charge on any atom is -0.398 e. The quantitative estimate of drug-likeness (QED) is 0.659. The Kier molecular flexibility index (Phi) is 3.34. The number of rotatable bonds is 2. The van der Waals surface area contributed by atoms with Crippen molar-refractivity contribution in [1.29, 1.82) is 0 Å². The lowest BCUT2D eigenvalue weighted by Gasteiger charge is -2.35. The molecular formula is C17H17NO3S. The predicted molar refractivity (Wildman–Crippen MR) is 88.0 cm³/mol. The first kappa shape index (κ1) is 14.8. The van der Waals surface area contributed by atoms with Crippen LogP contribution in [0.5, 0.6) is 0 Å². The lowest BCUT2D eigenvalue weighted by molar-refractivity contribution is 0.445. The van der Waals surface area contributed by atoms with Gasteiger partial charge >= 0.3 is 0 Å². The van der Waals surface area contributed by atoms with E-state index in [0.29, 0.717) is 22.4 Å². The molecule has 0 radical (unpaired) electrons. The Morgan fingerprint density at radius 2 is 1.82 bits per heavy atom. The van der Waals surface area contributed by atoms with Gasteiger partial charge in [0.2, 0.25) is 0 Å². The molecule has 0 amide bonds. The molecule has 0 fully saturated rings. The van der Waals surface area contributed by atoms with Gasteiger partial charge in [0, 0.05) is 11.3 Å². The summed E-state index contributed by atoms with van der Waals surface area (Å²) in [5, 5.41) is 0. The fourth-order valence-corrected chi connectivity index (χ4v) is 4.35. The monoisotopic (exact) mass is 315 g/mol. The number of benzene rings is 2. The van der Waals surface area contributed by atoms with Crippen LogP contribution in [0.1, 0.15) is 28.7 Å². The molecule has 0 saturated heterocycles. The fraction of sp³-hybridized carbons (Fsp3) is 0.176. The van der Waals surface area contributed by atoms with E-state index in [1.165, 1.54) is 0 Å². The largest absolute Gasteiger partial charge is 0.398 e. The van der Waals surface area contributed by atoms with Crippen molar-refractivity contribution in [3.8, 4) is 0 Å². The Morgan fingerprint density at radius 1 is 1.14 bits per heavy atom. The van der Waals surface area contributed by atoms with Crippen molar-refractivity contribution in [2.75, 3.05) is 5.73 Å². The van der Waals surface area contributed by atoms with Gasteiger partial charge in [0.15, 0.2) is 4.75 Å². The van der Waals surface area contributed by atoms with Crippen molar-refractivity contribution in [3.63, 3.8) is 0 Å². The van der Waals surface area contributed by atoms with E-state index in [1.54, 1.807) is 36.4 Å². The molecule has 114 valence electrons. The number of aryl methyl sites for hydroxylation is 1. The zero-order valence-corrected chi connectivity index (χ0v) is 13.0. The third-order valence-corrected chi connectivity index (χ3v) is 5.68. The minimum absolute atomic E-state index is 0.149. The number of allylic oxidation sites excluding steroid dienone is 1. The zero-order valence-electron chi connectivity index (χ0n) is 12.2. The van der Waals surface area contributed by atoms with Gasteiger partial charge in [-0.15, -0.1) is 0 Å². The molecule has 1 unspecified atom stereocenters.